The molecule has 84 valence electrons. The molecule has 2 N–H and O–H groups in total. The van der Waals surface area contributed by atoms with Crippen LogP contribution in [0.4, 0.5) is 0 Å². The van der Waals surface area contributed by atoms with E-state index in [1.165, 1.54) is 0 Å². The highest BCUT2D eigenvalue weighted by Crippen LogP contribution is 2.40. The Morgan fingerprint density at radius 1 is 1.50 bits per heavy atom. The molecule has 0 aromatic carbocycles. The minimum absolute atomic E-state index is 0.400. The van der Waals surface area contributed by atoms with Gasteiger partial charge < -0.3 is 14.6 Å². The van der Waals surface area contributed by atoms with Gasteiger partial charge in [-0.05, 0) is 25.4 Å². The average Bonchev–Trinajstić information content (AvgIpc) is 2.49. The summed E-state index contributed by atoms with van der Waals surface area (Å²) in [6.07, 6.45) is 2.61. The lowest BCUT2D eigenvalue weighted by Crippen LogP contribution is -2.56. The zero-order valence-corrected chi connectivity index (χ0v) is 10.4. The summed E-state index contributed by atoms with van der Waals surface area (Å²) in [5.74, 6) is 0. The predicted molar refractivity (Wildman–Crippen MR) is 58.3 cm³/mol. The minimum Gasteiger partial charge on any atom is -0.429 e. The molecule has 1 aliphatic heterocycles. The van der Waals surface area contributed by atoms with Crippen LogP contribution in [0.1, 0.15) is 39.5 Å². The summed E-state index contributed by atoms with van der Waals surface area (Å²) in [6, 6.07) is 0.855. The van der Waals surface area contributed by atoms with Crippen LogP contribution in [0, 0.1) is 0 Å². The molecule has 0 aliphatic carbocycles. The molecule has 0 spiro atoms. The molecule has 0 aromatic heterocycles. The summed E-state index contributed by atoms with van der Waals surface area (Å²) >= 11 is 0. The third-order valence-corrected chi connectivity index (χ3v) is 7.60. The maximum atomic E-state index is 10.5. The fourth-order valence-electron chi connectivity index (χ4n) is 2.49. The molecular weight excluding hydrogens is 196 g/mol. The monoisotopic (exact) mass is 218 g/mol. The normalized spacial score (nSPS) is 37.1. The van der Waals surface area contributed by atoms with Gasteiger partial charge in [-0.25, -0.2) is 0 Å². The lowest BCUT2D eigenvalue weighted by atomic mass is 10.2. The fourth-order valence-corrected chi connectivity index (χ4v) is 5.75. The molecular formula is C10H22O3Si. The molecule has 0 saturated carbocycles. The van der Waals surface area contributed by atoms with E-state index in [0.717, 1.165) is 25.3 Å². The van der Waals surface area contributed by atoms with Crippen molar-refractivity contribution in [3.8, 4) is 0 Å². The van der Waals surface area contributed by atoms with Crippen LogP contribution in [0.25, 0.3) is 0 Å². The first-order valence-electron chi connectivity index (χ1n) is 5.55. The maximum Gasteiger partial charge on any atom is 0.217 e. The Hall–Kier alpha value is 0.0969. The number of hydrogen-bond donors (Lipinski definition) is 2. The molecule has 3 unspecified atom stereocenters. The van der Waals surface area contributed by atoms with Crippen LogP contribution in [-0.4, -0.2) is 29.7 Å². The number of aliphatic hydroxyl groups is 1. The minimum atomic E-state index is -2.34. The van der Waals surface area contributed by atoms with Gasteiger partial charge in [0.25, 0.3) is 0 Å². The third kappa shape index (κ3) is 2.03. The van der Waals surface area contributed by atoms with E-state index in [9.17, 15) is 9.90 Å². The van der Waals surface area contributed by atoms with Crippen molar-refractivity contribution in [3.05, 3.63) is 0 Å². The van der Waals surface area contributed by atoms with E-state index in [-0.39, 0.29) is 0 Å². The van der Waals surface area contributed by atoms with Gasteiger partial charge in [0.15, 0.2) is 6.29 Å². The van der Waals surface area contributed by atoms with E-state index in [0.29, 0.717) is 6.42 Å². The molecule has 1 aliphatic rings. The van der Waals surface area contributed by atoms with Gasteiger partial charge in [-0.2, -0.15) is 0 Å². The van der Waals surface area contributed by atoms with Crippen LogP contribution in [0.5, 0.6) is 0 Å². The van der Waals surface area contributed by atoms with E-state index >= 15 is 0 Å². The molecule has 14 heavy (non-hydrogen) atoms. The quantitative estimate of drug-likeness (QED) is 0.707. The van der Waals surface area contributed by atoms with Gasteiger partial charge in [-0.1, -0.05) is 20.3 Å². The summed E-state index contributed by atoms with van der Waals surface area (Å²) in [5.41, 5.74) is 0. The summed E-state index contributed by atoms with van der Waals surface area (Å²) in [5, 5.41) is 9.02. The van der Waals surface area contributed by atoms with E-state index in [2.05, 4.69) is 6.92 Å². The largest absolute Gasteiger partial charge is 0.429 e. The van der Waals surface area contributed by atoms with Crippen molar-refractivity contribution in [1.29, 1.82) is 0 Å². The van der Waals surface area contributed by atoms with Gasteiger partial charge in [-0.3, -0.25) is 0 Å². The summed E-state index contributed by atoms with van der Waals surface area (Å²) in [4.78, 5) is 10.5. The smallest absolute Gasteiger partial charge is 0.217 e. The van der Waals surface area contributed by atoms with E-state index in [1.54, 1.807) is 0 Å². The van der Waals surface area contributed by atoms with Crippen molar-refractivity contribution in [3.63, 3.8) is 0 Å². The van der Waals surface area contributed by atoms with Crippen LogP contribution in [0.15, 0.2) is 0 Å². The number of rotatable bonds is 4. The molecule has 0 bridgehead atoms. The Balaban J connectivity index is 2.78. The summed E-state index contributed by atoms with van der Waals surface area (Å²) in [6.45, 7) is 6.07. The zero-order chi connectivity index (χ0) is 10.8. The molecule has 3 atom stereocenters. The van der Waals surface area contributed by atoms with Crippen LogP contribution in [0.3, 0.4) is 0 Å². The second-order valence-electron chi connectivity index (χ2n) is 4.48. The standard InChI is InChI=1S/C10H22O3Si/c1-4-8-14(3,12)10(5-2)7-6-9(11)13-10/h9,11-12H,4-8H2,1-3H3. The Morgan fingerprint density at radius 2 is 2.14 bits per heavy atom. The van der Waals surface area contributed by atoms with Gasteiger partial charge in [-0.15, -0.1) is 0 Å². The maximum absolute atomic E-state index is 10.5. The Bertz CT molecular complexity index is 196. The summed E-state index contributed by atoms with van der Waals surface area (Å²) in [7, 11) is -2.34. The highest BCUT2D eigenvalue weighted by atomic mass is 28.4. The van der Waals surface area contributed by atoms with Crippen molar-refractivity contribution >= 4 is 8.32 Å². The molecule has 0 radical (unpaired) electrons. The molecule has 1 fully saturated rings. The molecule has 3 nitrogen and oxygen atoms in total. The van der Waals surface area contributed by atoms with Gasteiger partial charge in [0.1, 0.15) is 0 Å². The van der Waals surface area contributed by atoms with E-state index in [1.807, 2.05) is 13.5 Å². The van der Waals surface area contributed by atoms with E-state index in [4.69, 9.17) is 4.74 Å². The Kier molecular flexibility index (Phi) is 3.74. The first kappa shape index (κ1) is 12.2. The third-order valence-electron chi connectivity index (χ3n) is 3.45. The molecule has 1 heterocycles. The molecule has 4 heteroatoms. The van der Waals surface area contributed by atoms with Crippen LogP contribution >= 0.6 is 0 Å². The van der Waals surface area contributed by atoms with Crippen molar-refractivity contribution in [2.45, 2.75) is 63.6 Å². The number of aliphatic hydroxyl groups excluding tert-OH is 1. The first-order valence-corrected chi connectivity index (χ1v) is 8.21. The molecule has 0 aromatic rings. The van der Waals surface area contributed by atoms with Crippen LogP contribution in [-0.2, 0) is 4.74 Å². The zero-order valence-electron chi connectivity index (χ0n) is 9.42. The molecule has 1 rings (SSSR count). The molecule has 0 amide bonds. The van der Waals surface area contributed by atoms with Crippen molar-refractivity contribution in [2.24, 2.45) is 0 Å². The van der Waals surface area contributed by atoms with Gasteiger partial charge >= 0.3 is 0 Å². The van der Waals surface area contributed by atoms with Crippen LogP contribution < -0.4 is 0 Å². The Labute approximate surface area is 87.2 Å². The lowest BCUT2D eigenvalue weighted by molar-refractivity contribution is -0.115. The number of hydrogen-bond acceptors (Lipinski definition) is 3. The topological polar surface area (TPSA) is 49.7 Å². The fraction of sp³-hybridized carbons (Fsp3) is 1.00. The average molecular weight is 218 g/mol. The van der Waals surface area contributed by atoms with Gasteiger partial charge in [0, 0.05) is 6.42 Å². The van der Waals surface area contributed by atoms with Crippen molar-refractivity contribution < 1.29 is 14.6 Å². The summed E-state index contributed by atoms with van der Waals surface area (Å²) < 4.78 is 5.58. The predicted octanol–water partition coefficient (Wildman–Crippen LogP) is 1.78. The van der Waals surface area contributed by atoms with Crippen molar-refractivity contribution in [1.82, 2.24) is 0 Å². The highest BCUT2D eigenvalue weighted by Gasteiger charge is 2.53. The second-order valence-corrected chi connectivity index (χ2v) is 8.44. The highest BCUT2D eigenvalue weighted by molar-refractivity contribution is 6.74. The number of ether oxygens (including phenoxy) is 1. The Morgan fingerprint density at radius 3 is 2.50 bits per heavy atom. The van der Waals surface area contributed by atoms with Gasteiger partial charge in [0.2, 0.25) is 8.32 Å². The van der Waals surface area contributed by atoms with Gasteiger partial charge in [0.05, 0.1) is 5.22 Å². The second kappa shape index (κ2) is 4.31. The van der Waals surface area contributed by atoms with Crippen molar-refractivity contribution in [2.75, 3.05) is 0 Å². The first-order chi connectivity index (χ1) is 6.47. The SMILES string of the molecule is CCC[Si](C)(O)C1(CC)CCC(O)O1. The van der Waals surface area contributed by atoms with Crippen LogP contribution in [0.2, 0.25) is 12.6 Å². The van der Waals surface area contributed by atoms with E-state index < -0.39 is 19.8 Å². The lowest BCUT2D eigenvalue weighted by Gasteiger charge is -2.39. The molecule has 1 saturated heterocycles.